The summed E-state index contributed by atoms with van der Waals surface area (Å²) in [5.74, 6) is -0.395. The van der Waals surface area contributed by atoms with E-state index in [0.29, 0.717) is 11.1 Å². The van der Waals surface area contributed by atoms with E-state index in [4.69, 9.17) is 9.15 Å². The number of amides is 1. The molecular formula is C16H13N3O5. The molecule has 8 nitrogen and oxygen atoms in total. The fraction of sp³-hybridized carbons (Fsp3) is 0.125. The first kappa shape index (κ1) is 15.5. The maximum atomic E-state index is 12.6. The molecule has 3 aromatic rings. The van der Waals surface area contributed by atoms with Crippen LogP contribution in [-0.2, 0) is 0 Å². The van der Waals surface area contributed by atoms with Crippen LogP contribution in [0, 0.1) is 10.1 Å². The van der Waals surface area contributed by atoms with Crippen LogP contribution in [0.1, 0.15) is 10.4 Å². The molecule has 3 rings (SSSR count). The van der Waals surface area contributed by atoms with Crippen LogP contribution in [0.25, 0.3) is 11.1 Å². The third kappa shape index (κ3) is 2.65. The highest BCUT2D eigenvalue weighted by molar-refractivity contribution is 6.05. The van der Waals surface area contributed by atoms with Crippen LogP contribution in [-0.4, -0.2) is 30.0 Å². The number of anilines is 1. The van der Waals surface area contributed by atoms with E-state index in [0.717, 1.165) is 0 Å². The number of nitro benzene ring substituents is 1. The molecule has 122 valence electrons. The molecule has 0 N–H and O–H groups in total. The largest absolute Gasteiger partial charge is 0.490 e. The summed E-state index contributed by atoms with van der Waals surface area (Å²) < 4.78 is 10.5. The number of carbonyl (C=O) groups is 1. The van der Waals surface area contributed by atoms with Gasteiger partial charge in [-0.25, -0.2) is 0 Å². The van der Waals surface area contributed by atoms with Gasteiger partial charge in [0.25, 0.3) is 5.91 Å². The van der Waals surface area contributed by atoms with E-state index in [1.165, 1.54) is 37.3 Å². The normalized spacial score (nSPS) is 10.6. The average Bonchev–Trinajstić information content (AvgIpc) is 3.03. The minimum atomic E-state index is -0.602. The number of para-hydroxylation sites is 2. The molecule has 1 amide bonds. The summed E-state index contributed by atoms with van der Waals surface area (Å²) in [6.45, 7) is 0. The molecule has 1 heterocycles. The molecule has 0 unspecified atom stereocenters. The first-order valence-electron chi connectivity index (χ1n) is 6.97. The van der Waals surface area contributed by atoms with Crippen molar-refractivity contribution in [3.63, 3.8) is 0 Å². The van der Waals surface area contributed by atoms with Crippen molar-refractivity contribution in [2.45, 2.75) is 0 Å². The number of aromatic nitrogens is 1. The van der Waals surface area contributed by atoms with Gasteiger partial charge in [0.05, 0.1) is 12.0 Å². The van der Waals surface area contributed by atoms with E-state index in [1.807, 2.05) is 6.07 Å². The molecular weight excluding hydrogens is 314 g/mol. The van der Waals surface area contributed by atoms with Gasteiger partial charge in [-0.3, -0.25) is 19.8 Å². The van der Waals surface area contributed by atoms with Gasteiger partial charge in [0, 0.05) is 18.7 Å². The van der Waals surface area contributed by atoms with E-state index in [9.17, 15) is 14.9 Å². The van der Waals surface area contributed by atoms with Crippen LogP contribution < -0.4 is 9.64 Å². The van der Waals surface area contributed by atoms with E-state index < -0.39 is 10.8 Å². The standard InChI is InChI=1S/C16H13N3O5/c1-18(16-17-11-5-3-4-6-13(11)24-16)15(20)10-7-8-14(23-2)12(9-10)19(21)22/h3-9H,1-2H3. The molecule has 0 atom stereocenters. The van der Waals surface area contributed by atoms with Crippen molar-refractivity contribution in [2.75, 3.05) is 19.1 Å². The second kappa shape index (κ2) is 5.99. The number of carbonyl (C=O) groups excluding carboxylic acids is 1. The van der Waals surface area contributed by atoms with Gasteiger partial charge in [-0.05, 0) is 24.3 Å². The molecule has 8 heteroatoms. The molecule has 0 saturated carbocycles. The Morgan fingerprint density at radius 1 is 1.29 bits per heavy atom. The van der Waals surface area contributed by atoms with Crippen LogP contribution >= 0.6 is 0 Å². The lowest BCUT2D eigenvalue weighted by atomic mass is 10.1. The average molecular weight is 327 g/mol. The minimum Gasteiger partial charge on any atom is -0.490 e. The third-order valence-electron chi connectivity index (χ3n) is 3.50. The maximum absolute atomic E-state index is 12.6. The van der Waals surface area contributed by atoms with Gasteiger partial charge in [-0.1, -0.05) is 12.1 Å². The number of hydrogen-bond acceptors (Lipinski definition) is 6. The quantitative estimate of drug-likeness (QED) is 0.539. The predicted molar refractivity (Wildman–Crippen MR) is 86.4 cm³/mol. The van der Waals surface area contributed by atoms with Gasteiger partial charge >= 0.3 is 11.7 Å². The van der Waals surface area contributed by atoms with Crippen LogP contribution in [0.15, 0.2) is 46.9 Å². The zero-order valence-corrected chi connectivity index (χ0v) is 12.9. The summed E-state index contributed by atoms with van der Waals surface area (Å²) in [4.78, 5) is 28.5. The number of fused-ring (bicyclic) bond motifs is 1. The fourth-order valence-electron chi connectivity index (χ4n) is 2.25. The highest BCUT2D eigenvalue weighted by Crippen LogP contribution is 2.29. The molecule has 0 saturated heterocycles. The zero-order chi connectivity index (χ0) is 17.3. The van der Waals surface area contributed by atoms with Crippen LogP contribution in [0.2, 0.25) is 0 Å². The van der Waals surface area contributed by atoms with Crippen molar-refractivity contribution in [1.29, 1.82) is 0 Å². The molecule has 1 aromatic heterocycles. The van der Waals surface area contributed by atoms with E-state index >= 15 is 0 Å². The molecule has 0 aliphatic heterocycles. The van der Waals surface area contributed by atoms with E-state index in [2.05, 4.69) is 4.98 Å². The van der Waals surface area contributed by atoms with Crippen molar-refractivity contribution < 1.29 is 18.9 Å². The summed E-state index contributed by atoms with van der Waals surface area (Å²) in [5.41, 5.74) is 1.02. The lowest BCUT2D eigenvalue weighted by Gasteiger charge is -2.12. The van der Waals surface area contributed by atoms with Gasteiger partial charge in [-0.15, -0.1) is 0 Å². The first-order valence-corrected chi connectivity index (χ1v) is 6.97. The molecule has 2 aromatic carbocycles. The van der Waals surface area contributed by atoms with Gasteiger partial charge in [0.1, 0.15) is 5.52 Å². The molecule has 0 spiro atoms. The lowest BCUT2D eigenvalue weighted by molar-refractivity contribution is -0.385. The van der Waals surface area contributed by atoms with Crippen molar-refractivity contribution in [3.8, 4) is 5.75 Å². The highest BCUT2D eigenvalue weighted by atomic mass is 16.6. The Labute approximate surface area is 136 Å². The SMILES string of the molecule is COc1ccc(C(=O)N(C)c2nc3ccccc3o2)cc1[N+](=O)[O-]. The predicted octanol–water partition coefficient (Wildman–Crippen LogP) is 3.02. The Morgan fingerprint density at radius 2 is 2.04 bits per heavy atom. The summed E-state index contributed by atoms with van der Waals surface area (Å²) in [6, 6.07) is 11.2. The van der Waals surface area contributed by atoms with E-state index in [-0.39, 0.29) is 23.0 Å². The van der Waals surface area contributed by atoms with Crippen molar-refractivity contribution in [1.82, 2.24) is 4.98 Å². The number of oxazole rings is 1. The van der Waals surface area contributed by atoms with Crippen molar-refractivity contribution in [3.05, 3.63) is 58.1 Å². The molecule has 0 fully saturated rings. The summed E-state index contributed by atoms with van der Waals surface area (Å²) in [7, 11) is 2.82. The Bertz CT molecular complexity index is 901. The Morgan fingerprint density at radius 3 is 2.71 bits per heavy atom. The smallest absolute Gasteiger partial charge is 0.311 e. The number of nitro groups is 1. The summed E-state index contributed by atoms with van der Waals surface area (Å²) in [5, 5.41) is 11.1. The molecule has 0 bridgehead atoms. The van der Waals surface area contributed by atoms with Crippen LogP contribution in [0.3, 0.4) is 0 Å². The lowest BCUT2D eigenvalue weighted by Crippen LogP contribution is -2.26. The van der Waals surface area contributed by atoms with Gasteiger partial charge in [0.2, 0.25) is 0 Å². The second-order valence-corrected chi connectivity index (χ2v) is 4.97. The summed E-state index contributed by atoms with van der Waals surface area (Å²) >= 11 is 0. The molecule has 0 aliphatic rings. The molecule has 0 radical (unpaired) electrons. The number of ether oxygens (including phenoxy) is 1. The van der Waals surface area contributed by atoms with Gasteiger partial charge in [0.15, 0.2) is 11.3 Å². The van der Waals surface area contributed by atoms with Crippen molar-refractivity contribution >= 4 is 28.7 Å². The minimum absolute atomic E-state index is 0.0843. The number of hydrogen-bond donors (Lipinski definition) is 0. The maximum Gasteiger partial charge on any atom is 0.311 e. The fourth-order valence-corrected chi connectivity index (χ4v) is 2.25. The Balaban J connectivity index is 1.95. The van der Waals surface area contributed by atoms with Crippen LogP contribution in [0.5, 0.6) is 5.75 Å². The van der Waals surface area contributed by atoms with Gasteiger partial charge < -0.3 is 9.15 Å². The molecule has 0 aliphatic carbocycles. The van der Waals surface area contributed by atoms with Gasteiger partial charge in [-0.2, -0.15) is 4.98 Å². The van der Waals surface area contributed by atoms with E-state index in [1.54, 1.807) is 18.2 Å². The number of rotatable bonds is 4. The van der Waals surface area contributed by atoms with Crippen molar-refractivity contribution in [2.24, 2.45) is 0 Å². The van der Waals surface area contributed by atoms with Crippen LogP contribution in [0.4, 0.5) is 11.7 Å². The zero-order valence-electron chi connectivity index (χ0n) is 12.9. The number of methoxy groups -OCH3 is 1. The Hall–Kier alpha value is -3.42. The summed E-state index contributed by atoms with van der Waals surface area (Å²) in [6.07, 6.45) is 0. The topological polar surface area (TPSA) is 98.7 Å². The number of nitrogens with zero attached hydrogens (tertiary/aromatic N) is 3. The second-order valence-electron chi connectivity index (χ2n) is 4.97. The monoisotopic (exact) mass is 327 g/mol. The number of benzene rings is 2. The third-order valence-corrected chi connectivity index (χ3v) is 3.50. The molecule has 24 heavy (non-hydrogen) atoms. The Kier molecular flexibility index (Phi) is 3.87. The highest BCUT2D eigenvalue weighted by Gasteiger charge is 2.23. The first-order chi connectivity index (χ1) is 11.5.